The van der Waals surface area contributed by atoms with Crippen molar-refractivity contribution in [2.45, 2.75) is 19.8 Å². The van der Waals surface area contributed by atoms with Crippen LogP contribution in [-0.4, -0.2) is 24.3 Å². The van der Waals surface area contributed by atoms with E-state index in [0.29, 0.717) is 0 Å². The maximum atomic E-state index is 10.8. The van der Waals surface area contributed by atoms with Crippen molar-refractivity contribution < 1.29 is 24.2 Å². The number of carboxylic acid groups (broad SMARTS) is 1. The Hall–Kier alpha value is -1.65. The number of hydrogen-bond donors (Lipinski definition) is 0. The Morgan fingerprint density at radius 2 is 1.93 bits per heavy atom. The zero-order valence-electron chi connectivity index (χ0n) is 7.87. The van der Waals surface area contributed by atoms with E-state index in [0.717, 1.165) is 0 Å². The monoisotopic (exact) mass is 199 g/mol. The van der Waals surface area contributed by atoms with Crippen LogP contribution >= 0.6 is 0 Å². The molecule has 0 radical (unpaired) electrons. The number of Topliss-reactive ketones (excluding diaryl/α,β-unsaturated/α-hetero) is 1. The van der Waals surface area contributed by atoms with E-state index in [-0.39, 0.29) is 30.8 Å². The second-order valence-corrected chi connectivity index (χ2v) is 2.74. The van der Waals surface area contributed by atoms with Gasteiger partial charge in [-0.05, 0) is 12.5 Å². The summed E-state index contributed by atoms with van der Waals surface area (Å²) >= 11 is 0. The molecule has 0 aromatic carbocycles. The lowest BCUT2D eigenvalue weighted by atomic mass is 10.2. The van der Waals surface area contributed by atoms with Crippen molar-refractivity contribution in [2.24, 2.45) is 0 Å². The zero-order chi connectivity index (χ0) is 11.1. The fraction of sp³-hybridized carbons (Fsp3) is 0.444. The van der Waals surface area contributed by atoms with Crippen LogP contribution in [0.2, 0.25) is 0 Å². The highest BCUT2D eigenvalue weighted by Crippen LogP contribution is 1.97. The van der Waals surface area contributed by atoms with Gasteiger partial charge in [-0.15, -0.1) is 0 Å². The molecule has 0 atom stereocenters. The second-order valence-electron chi connectivity index (χ2n) is 2.74. The number of carboxylic acids is 1. The molecule has 14 heavy (non-hydrogen) atoms. The van der Waals surface area contributed by atoms with Crippen molar-refractivity contribution in [1.82, 2.24) is 0 Å². The molecular formula is C9H11O5-. The number of rotatable bonds is 6. The quantitative estimate of drug-likeness (QED) is 0.318. The third-order valence-electron chi connectivity index (χ3n) is 1.35. The van der Waals surface area contributed by atoms with Crippen molar-refractivity contribution in [1.29, 1.82) is 0 Å². The minimum atomic E-state index is -1.37. The SMILES string of the molecule is C=C(CCOC(=O)CC(C)=O)C(=O)[O-]. The van der Waals surface area contributed by atoms with Gasteiger partial charge >= 0.3 is 5.97 Å². The fourth-order valence-electron chi connectivity index (χ4n) is 0.644. The van der Waals surface area contributed by atoms with Crippen molar-refractivity contribution in [3.05, 3.63) is 12.2 Å². The predicted octanol–water partition coefficient (Wildman–Crippen LogP) is -0.795. The molecular weight excluding hydrogens is 188 g/mol. The first-order valence-corrected chi connectivity index (χ1v) is 3.97. The summed E-state index contributed by atoms with van der Waals surface area (Å²) < 4.78 is 4.56. The molecule has 0 spiro atoms. The van der Waals surface area contributed by atoms with Crippen LogP contribution in [0.25, 0.3) is 0 Å². The number of ether oxygens (including phenoxy) is 1. The largest absolute Gasteiger partial charge is 0.545 e. The van der Waals surface area contributed by atoms with Crippen molar-refractivity contribution >= 4 is 17.7 Å². The second kappa shape index (κ2) is 5.90. The van der Waals surface area contributed by atoms with E-state index < -0.39 is 11.9 Å². The molecule has 0 bridgehead atoms. The highest BCUT2D eigenvalue weighted by molar-refractivity contribution is 5.94. The van der Waals surface area contributed by atoms with Gasteiger partial charge in [0, 0.05) is 6.42 Å². The van der Waals surface area contributed by atoms with Crippen LogP contribution in [0.4, 0.5) is 0 Å². The Morgan fingerprint density at radius 1 is 1.36 bits per heavy atom. The standard InChI is InChI=1S/C9H12O5/c1-6(9(12)13)3-4-14-8(11)5-7(2)10/h1,3-5H2,2H3,(H,12,13)/p-1. The van der Waals surface area contributed by atoms with Gasteiger partial charge in [0.05, 0.1) is 12.6 Å². The van der Waals surface area contributed by atoms with E-state index >= 15 is 0 Å². The van der Waals surface area contributed by atoms with Gasteiger partial charge in [-0.1, -0.05) is 6.58 Å². The molecule has 5 heteroatoms. The summed E-state index contributed by atoms with van der Waals surface area (Å²) in [5.41, 5.74) is -0.138. The molecule has 0 N–H and O–H groups in total. The molecule has 5 nitrogen and oxygen atoms in total. The van der Waals surface area contributed by atoms with Gasteiger partial charge in [-0.25, -0.2) is 0 Å². The molecule has 0 heterocycles. The molecule has 78 valence electrons. The van der Waals surface area contributed by atoms with Gasteiger partial charge in [0.15, 0.2) is 0 Å². The van der Waals surface area contributed by atoms with E-state index in [1.807, 2.05) is 0 Å². The first kappa shape index (κ1) is 12.3. The van der Waals surface area contributed by atoms with E-state index in [1.54, 1.807) is 0 Å². The number of aliphatic carboxylic acids is 1. The summed E-state index contributed by atoms with van der Waals surface area (Å²) in [6.45, 7) is 4.36. The summed E-state index contributed by atoms with van der Waals surface area (Å²) in [5, 5.41) is 10.1. The minimum absolute atomic E-state index is 0.00593. The number of carbonyl (C=O) groups excluding carboxylic acids is 3. The molecule has 0 aliphatic heterocycles. The van der Waals surface area contributed by atoms with Crippen molar-refractivity contribution in [3.8, 4) is 0 Å². The van der Waals surface area contributed by atoms with E-state index in [4.69, 9.17) is 0 Å². The average molecular weight is 199 g/mol. The summed E-state index contributed by atoms with van der Waals surface area (Å²) in [7, 11) is 0. The Labute approximate surface area is 81.4 Å². The highest BCUT2D eigenvalue weighted by Gasteiger charge is 2.06. The van der Waals surface area contributed by atoms with Gasteiger partial charge in [-0.3, -0.25) is 9.59 Å². The van der Waals surface area contributed by atoms with Crippen LogP contribution in [0.5, 0.6) is 0 Å². The third kappa shape index (κ3) is 5.93. The molecule has 0 rings (SSSR count). The van der Waals surface area contributed by atoms with E-state index in [2.05, 4.69) is 11.3 Å². The Balaban J connectivity index is 3.64. The fourth-order valence-corrected chi connectivity index (χ4v) is 0.644. The lowest BCUT2D eigenvalue weighted by molar-refractivity contribution is -0.299. The molecule has 0 saturated carbocycles. The van der Waals surface area contributed by atoms with Gasteiger partial charge < -0.3 is 14.6 Å². The number of esters is 1. The predicted molar refractivity (Wildman–Crippen MR) is 45.0 cm³/mol. The minimum Gasteiger partial charge on any atom is -0.545 e. The lowest BCUT2D eigenvalue weighted by Crippen LogP contribution is -2.24. The molecule has 0 aromatic heterocycles. The van der Waals surface area contributed by atoms with Crippen molar-refractivity contribution in [3.63, 3.8) is 0 Å². The first-order valence-electron chi connectivity index (χ1n) is 3.97. The van der Waals surface area contributed by atoms with Crippen LogP contribution in [0.1, 0.15) is 19.8 Å². The van der Waals surface area contributed by atoms with Crippen LogP contribution in [-0.2, 0) is 19.1 Å². The smallest absolute Gasteiger partial charge is 0.313 e. The summed E-state index contributed by atoms with van der Waals surface area (Å²) in [4.78, 5) is 31.4. The lowest BCUT2D eigenvalue weighted by Gasteiger charge is -2.06. The van der Waals surface area contributed by atoms with Gasteiger partial charge in [0.2, 0.25) is 0 Å². The maximum Gasteiger partial charge on any atom is 0.313 e. The van der Waals surface area contributed by atoms with Gasteiger partial charge in [0.1, 0.15) is 12.2 Å². The first-order chi connectivity index (χ1) is 6.43. The summed E-state index contributed by atoms with van der Waals surface area (Å²) in [6.07, 6.45) is -0.288. The Bertz CT molecular complexity index is 266. The number of ketones is 1. The van der Waals surface area contributed by atoms with Gasteiger partial charge in [-0.2, -0.15) is 0 Å². The van der Waals surface area contributed by atoms with E-state index in [1.165, 1.54) is 6.92 Å². The summed E-state index contributed by atoms with van der Waals surface area (Å²) in [6, 6.07) is 0. The highest BCUT2D eigenvalue weighted by atomic mass is 16.5. The normalized spacial score (nSPS) is 9.21. The molecule has 0 aliphatic carbocycles. The maximum absolute atomic E-state index is 10.8. The number of carbonyl (C=O) groups is 3. The Kier molecular flexibility index (Phi) is 5.21. The molecule has 0 amide bonds. The van der Waals surface area contributed by atoms with Crippen molar-refractivity contribution in [2.75, 3.05) is 6.61 Å². The summed E-state index contributed by atoms with van der Waals surface area (Å²) in [5.74, 6) is -2.33. The van der Waals surface area contributed by atoms with Gasteiger partial charge in [0.25, 0.3) is 0 Å². The molecule has 0 unspecified atom stereocenters. The van der Waals surface area contributed by atoms with E-state index in [9.17, 15) is 19.5 Å². The molecule has 0 saturated heterocycles. The zero-order valence-corrected chi connectivity index (χ0v) is 7.87. The van der Waals surface area contributed by atoms with Crippen LogP contribution in [0.3, 0.4) is 0 Å². The number of hydrogen-bond acceptors (Lipinski definition) is 5. The van der Waals surface area contributed by atoms with Crippen LogP contribution in [0.15, 0.2) is 12.2 Å². The molecule has 0 aliphatic rings. The third-order valence-corrected chi connectivity index (χ3v) is 1.35. The molecule has 0 aromatic rings. The Morgan fingerprint density at radius 3 is 2.36 bits per heavy atom. The average Bonchev–Trinajstić information content (AvgIpc) is 2.02. The topological polar surface area (TPSA) is 83.5 Å². The molecule has 0 fully saturated rings. The van der Waals surface area contributed by atoms with Crippen LogP contribution in [0, 0.1) is 0 Å². The van der Waals surface area contributed by atoms with Crippen LogP contribution < -0.4 is 5.11 Å².